The van der Waals surface area contributed by atoms with Crippen molar-refractivity contribution in [2.75, 3.05) is 0 Å². The van der Waals surface area contributed by atoms with Crippen molar-refractivity contribution >= 4 is 6.29 Å². The molecule has 0 aromatic rings. The summed E-state index contributed by atoms with van der Waals surface area (Å²) in [6, 6.07) is 0. The quantitative estimate of drug-likeness (QED) is 0.615. The summed E-state index contributed by atoms with van der Waals surface area (Å²) in [6.45, 7) is 7.22. The Morgan fingerprint density at radius 3 is 2.21 bits per heavy atom. The molecule has 0 saturated heterocycles. The minimum absolute atomic E-state index is 0.111. The van der Waals surface area contributed by atoms with Gasteiger partial charge in [0.1, 0.15) is 6.29 Å². The normalized spacial score (nSPS) is 51.1. The van der Waals surface area contributed by atoms with Gasteiger partial charge in [-0.25, -0.2) is 0 Å². The highest BCUT2D eigenvalue weighted by molar-refractivity contribution is 5.64. The summed E-state index contributed by atoms with van der Waals surface area (Å²) < 4.78 is 0. The molecule has 2 unspecified atom stereocenters. The van der Waals surface area contributed by atoms with Gasteiger partial charge in [0, 0.05) is 5.41 Å². The molecule has 0 amide bonds. The topological polar surface area (TPSA) is 17.1 Å². The van der Waals surface area contributed by atoms with Gasteiger partial charge < -0.3 is 4.79 Å². The van der Waals surface area contributed by atoms with Crippen molar-refractivity contribution in [3.8, 4) is 0 Å². The molecule has 0 aromatic heterocycles. The fraction of sp³-hybridized carbons (Fsp3) is 0.923. The maximum absolute atomic E-state index is 11.2. The smallest absolute Gasteiger partial charge is 0.126 e. The highest BCUT2D eigenvalue weighted by atomic mass is 16.1. The fourth-order valence-corrected chi connectivity index (χ4v) is 4.21. The third-order valence-corrected chi connectivity index (χ3v) is 6.03. The van der Waals surface area contributed by atoms with E-state index in [1.807, 2.05) is 0 Å². The Labute approximate surface area is 86.3 Å². The van der Waals surface area contributed by atoms with Crippen molar-refractivity contribution in [1.82, 2.24) is 0 Å². The van der Waals surface area contributed by atoms with E-state index >= 15 is 0 Å². The van der Waals surface area contributed by atoms with E-state index in [-0.39, 0.29) is 5.41 Å². The second-order valence-electron chi connectivity index (χ2n) is 6.68. The predicted octanol–water partition coefficient (Wildman–Crippen LogP) is 3.04. The van der Waals surface area contributed by atoms with Gasteiger partial charge in [-0.1, -0.05) is 20.8 Å². The zero-order chi connectivity index (χ0) is 10.2. The van der Waals surface area contributed by atoms with Gasteiger partial charge in [-0.2, -0.15) is 0 Å². The van der Waals surface area contributed by atoms with Crippen molar-refractivity contribution in [3.63, 3.8) is 0 Å². The van der Waals surface area contributed by atoms with Crippen LogP contribution < -0.4 is 0 Å². The molecule has 1 nitrogen and oxygen atoms in total. The molecular formula is C13H20O. The fourth-order valence-electron chi connectivity index (χ4n) is 4.21. The van der Waals surface area contributed by atoms with E-state index in [1.165, 1.54) is 19.1 Å². The number of carbonyl (C=O) groups is 1. The lowest BCUT2D eigenvalue weighted by atomic mass is 9.65. The molecule has 78 valence electrons. The van der Waals surface area contributed by atoms with Crippen LogP contribution in [-0.4, -0.2) is 6.29 Å². The Balaban J connectivity index is 1.94. The molecule has 0 aliphatic heterocycles. The number of rotatable bonds is 2. The summed E-state index contributed by atoms with van der Waals surface area (Å²) in [5.74, 6) is 1.61. The Bertz CT molecular complexity index is 300. The van der Waals surface area contributed by atoms with Crippen LogP contribution in [-0.2, 0) is 4.79 Å². The number of carbonyl (C=O) groups excluding carboxylic acids is 1. The average molecular weight is 192 g/mol. The predicted molar refractivity (Wildman–Crippen MR) is 55.8 cm³/mol. The maximum Gasteiger partial charge on any atom is 0.126 e. The maximum atomic E-state index is 11.2. The first-order valence-corrected chi connectivity index (χ1v) is 5.93. The Morgan fingerprint density at radius 1 is 1.21 bits per heavy atom. The SMILES string of the molecule is CC1(C)C(C2(C=O)CC2)CC2C[C@@]21C. The molecule has 0 spiro atoms. The molecule has 0 heterocycles. The molecule has 3 rings (SSSR count). The van der Waals surface area contributed by atoms with Gasteiger partial charge in [0.05, 0.1) is 0 Å². The van der Waals surface area contributed by atoms with Crippen molar-refractivity contribution in [1.29, 1.82) is 0 Å². The summed E-state index contributed by atoms with van der Waals surface area (Å²) in [6.07, 6.45) is 6.32. The molecule has 3 aliphatic carbocycles. The van der Waals surface area contributed by atoms with Crippen LogP contribution in [0, 0.1) is 28.1 Å². The van der Waals surface area contributed by atoms with Crippen molar-refractivity contribution < 1.29 is 4.79 Å². The van der Waals surface area contributed by atoms with E-state index in [9.17, 15) is 4.79 Å². The van der Waals surface area contributed by atoms with Gasteiger partial charge >= 0.3 is 0 Å². The highest BCUT2D eigenvalue weighted by Gasteiger charge is 2.72. The lowest BCUT2D eigenvalue weighted by Crippen LogP contribution is -2.34. The molecule has 3 atom stereocenters. The molecule has 0 bridgehead atoms. The van der Waals surface area contributed by atoms with Crippen LogP contribution in [0.2, 0.25) is 0 Å². The molecule has 14 heavy (non-hydrogen) atoms. The van der Waals surface area contributed by atoms with E-state index in [0.717, 1.165) is 18.8 Å². The van der Waals surface area contributed by atoms with Crippen LogP contribution >= 0.6 is 0 Å². The van der Waals surface area contributed by atoms with Crippen LogP contribution in [0.5, 0.6) is 0 Å². The van der Waals surface area contributed by atoms with Crippen molar-refractivity contribution in [2.45, 2.75) is 46.5 Å². The zero-order valence-electron chi connectivity index (χ0n) is 9.47. The third kappa shape index (κ3) is 0.765. The summed E-state index contributed by atoms with van der Waals surface area (Å²) in [4.78, 5) is 11.2. The molecule has 0 aromatic carbocycles. The minimum atomic E-state index is 0.111. The van der Waals surface area contributed by atoms with Crippen LogP contribution in [0.4, 0.5) is 0 Å². The first-order chi connectivity index (χ1) is 6.46. The first kappa shape index (κ1) is 8.94. The monoisotopic (exact) mass is 192 g/mol. The van der Waals surface area contributed by atoms with Gasteiger partial charge in [0.15, 0.2) is 0 Å². The number of fused-ring (bicyclic) bond motifs is 1. The molecule has 0 radical (unpaired) electrons. The Morgan fingerprint density at radius 2 is 1.86 bits per heavy atom. The standard InChI is InChI=1S/C13H20O/c1-11(2)10(13(8-14)4-5-13)6-9-7-12(9,11)3/h8-10H,4-7H2,1-3H3/t9?,10?,12-/m0/s1. The van der Waals surface area contributed by atoms with E-state index in [2.05, 4.69) is 20.8 Å². The Kier molecular flexibility index (Phi) is 1.34. The number of hydrogen-bond acceptors (Lipinski definition) is 1. The average Bonchev–Trinajstić information content (AvgIpc) is 2.97. The molecule has 0 N–H and O–H groups in total. The van der Waals surface area contributed by atoms with Gasteiger partial charge in [-0.05, 0) is 48.3 Å². The van der Waals surface area contributed by atoms with Crippen LogP contribution in [0.25, 0.3) is 0 Å². The van der Waals surface area contributed by atoms with Gasteiger partial charge in [-0.15, -0.1) is 0 Å². The highest BCUT2D eigenvalue weighted by Crippen LogP contribution is 2.78. The second-order valence-corrected chi connectivity index (χ2v) is 6.68. The van der Waals surface area contributed by atoms with E-state index < -0.39 is 0 Å². The summed E-state index contributed by atoms with van der Waals surface area (Å²) in [5, 5.41) is 0. The van der Waals surface area contributed by atoms with Crippen LogP contribution in [0.15, 0.2) is 0 Å². The summed E-state index contributed by atoms with van der Waals surface area (Å²) in [7, 11) is 0. The first-order valence-electron chi connectivity index (χ1n) is 5.93. The van der Waals surface area contributed by atoms with E-state index in [4.69, 9.17) is 0 Å². The minimum Gasteiger partial charge on any atom is -0.303 e. The zero-order valence-corrected chi connectivity index (χ0v) is 9.47. The number of hydrogen-bond donors (Lipinski definition) is 0. The molecule has 1 heteroatoms. The van der Waals surface area contributed by atoms with Crippen molar-refractivity contribution in [3.05, 3.63) is 0 Å². The summed E-state index contributed by atoms with van der Waals surface area (Å²) in [5.41, 5.74) is 1.07. The molecule has 3 fully saturated rings. The van der Waals surface area contributed by atoms with Gasteiger partial charge in [-0.3, -0.25) is 0 Å². The second kappa shape index (κ2) is 2.10. The molecular weight excluding hydrogens is 172 g/mol. The van der Waals surface area contributed by atoms with E-state index in [1.54, 1.807) is 0 Å². The van der Waals surface area contributed by atoms with Crippen LogP contribution in [0.3, 0.4) is 0 Å². The molecule has 3 aliphatic rings. The van der Waals surface area contributed by atoms with Gasteiger partial charge in [0.25, 0.3) is 0 Å². The van der Waals surface area contributed by atoms with Gasteiger partial charge in [0.2, 0.25) is 0 Å². The number of aldehydes is 1. The largest absolute Gasteiger partial charge is 0.303 e. The van der Waals surface area contributed by atoms with Crippen LogP contribution in [0.1, 0.15) is 46.5 Å². The summed E-state index contributed by atoms with van der Waals surface area (Å²) >= 11 is 0. The van der Waals surface area contributed by atoms with Crippen molar-refractivity contribution in [2.24, 2.45) is 28.1 Å². The third-order valence-electron chi connectivity index (χ3n) is 6.03. The Hall–Kier alpha value is -0.330. The lowest BCUT2D eigenvalue weighted by molar-refractivity contribution is -0.116. The molecule has 3 saturated carbocycles. The lowest BCUT2D eigenvalue weighted by Gasteiger charge is -2.38. The van der Waals surface area contributed by atoms with E-state index in [0.29, 0.717) is 16.7 Å².